The molecular weight excluding hydrogens is 334 g/mol. The van der Waals surface area contributed by atoms with Gasteiger partial charge in [0.15, 0.2) is 0 Å². The molecular formula is C20H25NO3S. The second kappa shape index (κ2) is 6.46. The smallest absolute Gasteiger partial charge is 0.243 e. The van der Waals surface area contributed by atoms with E-state index in [9.17, 15) is 8.42 Å². The molecule has 5 heteroatoms. The lowest BCUT2D eigenvalue weighted by Crippen LogP contribution is -2.33. The average Bonchev–Trinajstić information content (AvgIpc) is 2.53. The van der Waals surface area contributed by atoms with Crippen LogP contribution in [0.1, 0.15) is 37.0 Å². The van der Waals surface area contributed by atoms with Gasteiger partial charge in [0.2, 0.25) is 10.0 Å². The van der Waals surface area contributed by atoms with Crippen molar-refractivity contribution < 1.29 is 13.2 Å². The Labute approximate surface area is 150 Å². The lowest BCUT2D eigenvalue weighted by molar-refractivity contribution is 0.0845. The van der Waals surface area contributed by atoms with Gasteiger partial charge in [-0.15, -0.1) is 0 Å². The first-order valence-corrected chi connectivity index (χ1v) is 9.95. The predicted octanol–water partition coefficient (Wildman–Crippen LogP) is 3.92. The highest BCUT2D eigenvalue weighted by atomic mass is 32.2. The number of aryl methyl sites for hydroxylation is 2. The maximum atomic E-state index is 12.9. The molecule has 0 radical (unpaired) electrons. The second-order valence-corrected chi connectivity index (χ2v) is 9.43. The van der Waals surface area contributed by atoms with Gasteiger partial charge in [-0.3, -0.25) is 0 Å². The van der Waals surface area contributed by atoms with Gasteiger partial charge in [0, 0.05) is 13.6 Å². The number of fused-ring (bicyclic) bond motifs is 1. The summed E-state index contributed by atoms with van der Waals surface area (Å²) in [5.41, 5.74) is 2.87. The molecule has 0 atom stereocenters. The summed E-state index contributed by atoms with van der Waals surface area (Å²) in [4.78, 5) is 0.324. The maximum absolute atomic E-state index is 12.9. The molecule has 0 aliphatic carbocycles. The van der Waals surface area contributed by atoms with Gasteiger partial charge in [0.05, 0.1) is 4.90 Å². The number of rotatable bonds is 4. The van der Waals surface area contributed by atoms with Crippen LogP contribution >= 0.6 is 0 Å². The van der Waals surface area contributed by atoms with E-state index in [0.717, 1.165) is 35.3 Å². The molecule has 134 valence electrons. The summed E-state index contributed by atoms with van der Waals surface area (Å²) >= 11 is 0. The Morgan fingerprint density at radius 2 is 1.92 bits per heavy atom. The molecule has 0 amide bonds. The van der Waals surface area contributed by atoms with Crippen molar-refractivity contribution in [1.82, 2.24) is 4.31 Å². The van der Waals surface area contributed by atoms with Gasteiger partial charge in [-0.25, -0.2) is 8.42 Å². The maximum Gasteiger partial charge on any atom is 0.243 e. The van der Waals surface area contributed by atoms with Crippen molar-refractivity contribution in [3.63, 3.8) is 0 Å². The highest BCUT2D eigenvalue weighted by Crippen LogP contribution is 2.34. The summed E-state index contributed by atoms with van der Waals surface area (Å²) in [5, 5.41) is 0. The van der Waals surface area contributed by atoms with Crippen LogP contribution in [0.2, 0.25) is 0 Å². The molecule has 1 aliphatic heterocycles. The topological polar surface area (TPSA) is 46.6 Å². The zero-order chi connectivity index (χ0) is 18.2. The molecule has 0 unspecified atom stereocenters. The summed E-state index contributed by atoms with van der Waals surface area (Å²) in [5.74, 6) is 0.788. The molecule has 3 rings (SSSR count). The zero-order valence-corrected chi connectivity index (χ0v) is 16.1. The van der Waals surface area contributed by atoms with Gasteiger partial charge in [-0.05, 0) is 62.9 Å². The van der Waals surface area contributed by atoms with Gasteiger partial charge >= 0.3 is 0 Å². The van der Waals surface area contributed by atoms with Crippen LogP contribution in [0.15, 0.2) is 47.4 Å². The SMILES string of the molecule is Cc1cccc(CN(C)S(=O)(=O)c2ccc3c(c2)CCC(C)(C)O3)c1. The van der Waals surface area contributed by atoms with Crippen molar-refractivity contribution in [1.29, 1.82) is 0 Å². The largest absolute Gasteiger partial charge is 0.488 e. The first-order chi connectivity index (χ1) is 11.7. The van der Waals surface area contributed by atoms with E-state index >= 15 is 0 Å². The third-order valence-electron chi connectivity index (χ3n) is 4.61. The standard InChI is InChI=1S/C20H25NO3S/c1-15-6-5-7-16(12-15)14-21(4)25(22,23)18-8-9-19-17(13-18)10-11-20(2,3)24-19/h5-9,12-13H,10-11,14H2,1-4H3. The summed E-state index contributed by atoms with van der Waals surface area (Å²) in [6, 6.07) is 13.1. The van der Waals surface area contributed by atoms with Crippen molar-refractivity contribution in [3.8, 4) is 5.75 Å². The van der Waals surface area contributed by atoms with E-state index in [-0.39, 0.29) is 5.60 Å². The van der Waals surface area contributed by atoms with Gasteiger partial charge in [-0.1, -0.05) is 29.8 Å². The van der Waals surface area contributed by atoms with Crippen LogP contribution in [0.3, 0.4) is 0 Å². The van der Waals surface area contributed by atoms with E-state index in [0.29, 0.717) is 11.4 Å². The average molecular weight is 359 g/mol. The lowest BCUT2D eigenvalue weighted by atomic mass is 9.94. The van der Waals surface area contributed by atoms with Crippen LogP contribution in [0, 0.1) is 6.92 Å². The summed E-state index contributed by atoms with van der Waals surface area (Å²) in [7, 11) is -1.91. The van der Waals surface area contributed by atoms with Gasteiger partial charge in [0.25, 0.3) is 0 Å². The molecule has 0 saturated carbocycles. The first kappa shape index (κ1) is 18.0. The molecule has 0 bridgehead atoms. The molecule has 1 heterocycles. The highest BCUT2D eigenvalue weighted by Gasteiger charge is 2.28. The van der Waals surface area contributed by atoms with E-state index in [1.54, 1.807) is 25.2 Å². The Morgan fingerprint density at radius 1 is 1.16 bits per heavy atom. The van der Waals surface area contributed by atoms with Crippen LogP contribution in [-0.4, -0.2) is 25.4 Å². The Balaban J connectivity index is 1.85. The lowest BCUT2D eigenvalue weighted by Gasteiger charge is -2.32. The van der Waals surface area contributed by atoms with Crippen LogP contribution < -0.4 is 4.74 Å². The van der Waals surface area contributed by atoms with Crippen LogP contribution in [0.5, 0.6) is 5.75 Å². The summed E-state index contributed by atoms with van der Waals surface area (Å²) in [6.45, 7) is 6.46. The van der Waals surface area contributed by atoms with E-state index in [1.807, 2.05) is 31.2 Å². The predicted molar refractivity (Wildman–Crippen MR) is 99.3 cm³/mol. The number of hydrogen-bond acceptors (Lipinski definition) is 3. The number of benzene rings is 2. The molecule has 25 heavy (non-hydrogen) atoms. The molecule has 4 nitrogen and oxygen atoms in total. The molecule has 2 aromatic carbocycles. The number of hydrogen-bond donors (Lipinski definition) is 0. The van der Waals surface area contributed by atoms with Gasteiger partial charge in [-0.2, -0.15) is 4.31 Å². The molecule has 2 aromatic rings. The van der Waals surface area contributed by atoms with Crippen molar-refractivity contribution in [2.24, 2.45) is 0 Å². The monoisotopic (exact) mass is 359 g/mol. The molecule has 1 aliphatic rings. The summed E-state index contributed by atoms with van der Waals surface area (Å²) < 4.78 is 33.2. The summed E-state index contributed by atoms with van der Waals surface area (Å²) in [6.07, 6.45) is 1.70. The van der Waals surface area contributed by atoms with Crippen LogP contribution in [-0.2, 0) is 23.0 Å². The quantitative estimate of drug-likeness (QED) is 0.831. The minimum Gasteiger partial charge on any atom is -0.488 e. The molecule has 0 spiro atoms. The Morgan fingerprint density at radius 3 is 2.64 bits per heavy atom. The molecule has 0 aromatic heterocycles. The normalized spacial score (nSPS) is 16.4. The third kappa shape index (κ3) is 3.88. The second-order valence-electron chi connectivity index (χ2n) is 7.38. The van der Waals surface area contributed by atoms with Crippen molar-refractivity contribution >= 4 is 10.0 Å². The molecule has 0 saturated heterocycles. The minimum absolute atomic E-state index is 0.199. The third-order valence-corrected chi connectivity index (χ3v) is 6.41. The fraction of sp³-hybridized carbons (Fsp3) is 0.400. The fourth-order valence-electron chi connectivity index (χ4n) is 3.13. The zero-order valence-electron chi connectivity index (χ0n) is 15.2. The Kier molecular flexibility index (Phi) is 4.64. The van der Waals surface area contributed by atoms with Crippen molar-refractivity contribution in [2.45, 2.75) is 50.7 Å². The number of ether oxygens (including phenoxy) is 1. The molecule has 0 fully saturated rings. The van der Waals surface area contributed by atoms with Crippen LogP contribution in [0.4, 0.5) is 0 Å². The van der Waals surface area contributed by atoms with E-state index in [1.165, 1.54) is 4.31 Å². The van der Waals surface area contributed by atoms with Crippen LogP contribution in [0.25, 0.3) is 0 Å². The van der Waals surface area contributed by atoms with E-state index < -0.39 is 10.0 Å². The van der Waals surface area contributed by atoms with Crippen molar-refractivity contribution in [2.75, 3.05) is 7.05 Å². The minimum atomic E-state index is -3.53. The highest BCUT2D eigenvalue weighted by molar-refractivity contribution is 7.89. The Hall–Kier alpha value is -1.85. The van der Waals surface area contributed by atoms with Gasteiger partial charge in [0.1, 0.15) is 11.4 Å². The molecule has 0 N–H and O–H groups in total. The Bertz CT molecular complexity index is 888. The number of sulfonamides is 1. The fourth-order valence-corrected chi connectivity index (χ4v) is 4.34. The van der Waals surface area contributed by atoms with E-state index in [2.05, 4.69) is 13.8 Å². The van der Waals surface area contributed by atoms with E-state index in [4.69, 9.17) is 4.74 Å². The number of nitrogens with zero attached hydrogens (tertiary/aromatic N) is 1. The van der Waals surface area contributed by atoms with Gasteiger partial charge < -0.3 is 4.74 Å². The first-order valence-electron chi connectivity index (χ1n) is 8.51. The van der Waals surface area contributed by atoms with Crippen molar-refractivity contribution in [3.05, 3.63) is 59.2 Å².